The van der Waals surface area contributed by atoms with Gasteiger partial charge < -0.3 is 14.6 Å². The normalized spacial score (nSPS) is 14.8. The van der Waals surface area contributed by atoms with Crippen molar-refractivity contribution in [1.82, 2.24) is 0 Å². The van der Waals surface area contributed by atoms with Crippen molar-refractivity contribution >= 4 is 11.9 Å². The minimum absolute atomic E-state index is 0.192. The lowest BCUT2D eigenvalue weighted by Gasteiger charge is -2.28. The highest BCUT2D eigenvalue weighted by atomic mass is 16.6. The van der Waals surface area contributed by atoms with Gasteiger partial charge in [0.15, 0.2) is 0 Å². The van der Waals surface area contributed by atoms with Gasteiger partial charge in [-0.05, 0) is 45.4 Å². The van der Waals surface area contributed by atoms with Gasteiger partial charge in [-0.3, -0.25) is 9.59 Å². The first-order valence-electron chi connectivity index (χ1n) is 8.47. The van der Waals surface area contributed by atoms with Crippen molar-refractivity contribution < 1.29 is 24.2 Å². The van der Waals surface area contributed by atoms with Gasteiger partial charge in [-0.1, -0.05) is 27.7 Å². The van der Waals surface area contributed by atoms with Gasteiger partial charge in [0.05, 0.1) is 11.8 Å². The number of ether oxygens (including phenoxy) is 2. The lowest BCUT2D eigenvalue weighted by atomic mass is 9.83. The van der Waals surface area contributed by atoms with E-state index in [1.165, 1.54) is 0 Å². The van der Waals surface area contributed by atoms with E-state index >= 15 is 0 Å². The molecule has 1 N–H and O–H groups in total. The highest BCUT2D eigenvalue weighted by Gasteiger charge is 2.36. The molecule has 0 rings (SSSR count). The predicted molar refractivity (Wildman–Crippen MR) is 90.2 cm³/mol. The SMILES string of the molecule is CC(C)COCCC(C(=O)OC(C)(C)C)C(CC(C)C)C(=O)O. The molecule has 0 heterocycles. The van der Waals surface area contributed by atoms with Crippen LogP contribution in [0.4, 0.5) is 0 Å². The number of carbonyl (C=O) groups excluding carboxylic acids is 1. The fraction of sp³-hybridized carbons (Fsp3) is 0.889. The molecule has 5 nitrogen and oxygen atoms in total. The zero-order chi connectivity index (χ0) is 18.2. The summed E-state index contributed by atoms with van der Waals surface area (Å²) < 4.78 is 11.0. The molecule has 0 aliphatic heterocycles. The van der Waals surface area contributed by atoms with Crippen molar-refractivity contribution in [2.75, 3.05) is 13.2 Å². The maximum atomic E-state index is 12.5. The van der Waals surface area contributed by atoms with E-state index in [2.05, 4.69) is 0 Å². The average molecular weight is 330 g/mol. The van der Waals surface area contributed by atoms with Crippen LogP contribution in [0.3, 0.4) is 0 Å². The summed E-state index contributed by atoms with van der Waals surface area (Å²) in [7, 11) is 0. The van der Waals surface area contributed by atoms with Crippen LogP contribution in [0.25, 0.3) is 0 Å². The molecule has 23 heavy (non-hydrogen) atoms. The van der Waals surface area contributed by atoms with E-state index in [-0.39, 0.29) is 5.92 Å². The number of esters is 1. The fourth-order valence-corrected chi connectivity index (χ4v) is 2.34. The van der Waals surface area contributed by atoms with Crippen LogP contribution in [-0.4, -0.2) is 35.9 Å². The maximum Gasteiger partial charge on any atom is 0.310 e. The molecule has 0 saturated carbocycles. The third-order valence-electron chi connectivity index (χ3n) is 3.26. The van der Waals surface area contributed by atoms with E-state index in [4.69, 9.17) is 9.47 Å². The Balaban J connectivity index is 5.01. The van der Waals surface area contributed by atoms with Gasteiger partial charge in [-0.25, -0.2) is 0 Å². The number of rotatable bonds is 10. The Morgan fingerprint density at radius 3 is 1.96 bits per heavy atom. The topological polar surface area (TPSA) is 72.8 Å². The van der Waals surface area contributed by atoms with Crippen molar-refractivity contribution in [3.63, 3.8) is 0 Å². The zero-order valence-corrected chi connectivity index (χ0v) is 15.7. The van der Waals surface area contributed by atoms with E-state index in [0.717, 1.165) is 0 Å². The third kappa shape index (κ3) is 10.3. The molecule has 5 heteroatoms. The molecular formula is C18H34O5. The van der Waals surface area contributed by atoms with Crippen molar-refractivity contribution in [2.24, 2.45) is 23.7 Å². The molecule has 2 atom stereocenters. The van der Waals surface area contributed by atoms with Gasteiger partial charge in [-0.2, -0.15) is 0 Å². The van der Waals surface area contributed by atoms with Crippen LogP contribution in [0, 0.1) is 23.7 Å². The van der Waals surface area contributed by atoms with Crippen molar-refractivity contribution in [2.45, 2.75) is 66.9 Å². The van der Waals surface area contributed by atoms with Crippen LogP contribution < -0.4 is 0 Å². The minimum atomic E-state index is -0.946. The Morgan fingerprint density at radius 2 is 1.57 bits per heavy atom. The molecule has 0 aromatic carbocycles. The summed E-state index contributed by atoms with van der Waals surface area (Å²) in [5, 5.41) is 9.54. The first kappa shape index (κ1) is 21.9. The van der Waals surface area contributed by atoms with E-state index in [1.807, 2.05) is 27.7 Å². The summed E-state index contributed by atoms with van der Waals surface area (Å²) in [6, 6.07) is 0. The van der Waals surface area contributed by atoms with Crippen LogP contribution in [0.15, 0.2) is 0 Å². The zero-order valence-electron chi connectivity index (χ0n) is 15.7. The molecule has 0 aromatic rings. The minimum Gasteiger partial charge on any atom is -0.481 e. The first-order chi connectivity index (χ1) is 10.4. The molecule has 136 valence electrons. The molecule has 0 spiro atoms. The summed E-state index contributed by atoms with van der Waals surface area (Å²) in [5.74, 6) is -2.22. The number of carbonyl (C=O) groups is 2. The maximum absolute atomic E-state index is 12.5. The predicted octanol–water partition coefficient (Wildman–Crippen LogP) is 3.75. The van der Waals surface area contributed by atoms with E-state index < -0.39 is 29.4 Å². The number of hydrogen-bond acceptors (Lipinski definition) is 4. The summed E-state index contributed by atoms with van der Waals surface area (Å²) >= 11 is 0. The standard InChI is InChI=1S/C18H34O5/c1-12(2)10-15(16(19)20)14(8-9-22-11-13(3)4)17(21)23-18(5,6)7/h12-15H,8-11H2,1-7H3,(H,19,20). The van der Waals surface area contributed by atoms with Gasteiger partial charge in [0.2, 0.25) is 0 Å². The van der Waals surface area contributed by atoms with Crippen LogP contribution >= 0.6 is 0 Å². The van der Waals surface area contributed by atoms with E-state index in [1.54, 1.807) is 20.8 Å². The Bertz CT molecular complexity index is 368. The van der Waals surface area contributed by atoms with Crippen LogP contribution in [0.2, 0.25) is 0 Å². The lowest BCUT2D eigenvalue weighted by molar-refractivity contribution is -0.168. The number of carboxylic acid groups (broad SMARTS) is 1. The van der Waals surface area contributed by atoms with Gasteiger partial charge in [0.25, 0.3) is 0 Å². The molecule has 0 aromatic heterocycles. The van der Waals surface area contributed by atoms with Crippen molar-refractivity contribution in [3.05, 3.63) is 0 Å². The fourth-order valence-electron chi connectivity index (χ4n) is 2.34. The molecule has 0 aliphatic carbocycles. The second-order valence-electron chi connectivity index (χ2n) is 7.97. The number of hydrogen-bond donors (Lipinski definition) is 1. The van der Waals surface area contributed by atoms with E-state index in [9.17, 15) is 14.7 Å². The van der Waals surface area contributed by atoms with E-state index in [0.29, 0.717) is 32.0 Å². The Kier molecular flexibility index (Phi) is 9.44. The summed E-state index contributed by atoms with van der Waals surface area (Å²) in [6.45, 7) is 14.3. The lowest BCUT2D eigenvalue weighted by Crippen LogP contribution is -2.37. The second kappa shape index (κ2) is 9.91. The highest BCUT2D eigenvalue weighted by molar-refractivity contribution is 5.81. The molecule has 0 bridgehead atoms. The average Bonchev–Trinajstić information content (AvgIpc) is 2.33. The quantitative estimate of drug-likeness (QED) is 0.488. The first-order valence-corrected chi connectivity index (χ1v) is 8.47. The molecule has 0 aliphatic rings. The van der Waals surface area contributed by atoms with Crippen LogP contribution in [0.5, 0.6) is 0 Å². The summed E-state index contributed by atoms with van der Waals surface area (Å²) in [5.41, 5.74) is -0.630. The highest BCUT2D eigenvalue weighted by Crippen LogP contribution is 2.27. The Hall–Kier alpha value is -1.10. The van der Waals surface area contributed by atoms with Gasteiger partial charge in [-0.15, -0.1) is 0 Å². The van der Waals surface area contributed by atoms with Crippen LogP contribution in [0.1, 0.15) is 61.3 Å². The molecule has 0 fully saturated rings. The second-order valence-corrected chi connectivity index (χ2v) is 7.97. The smallest absolute Gasteiger partial charge is 0.310 e. The summed E-state index contributed by atoms with van der Waals surface area (Å²) in [4.78, 5) is 24.1. The largest absolute Gasteiger partial charge is 0.481 e. The summed E-state index contributed by atoms with van der Waals surface area (Å²) in [6.07, 6.45) is 0.814. The van der Waals surface area contributed by atoms with Crippen LogP contribution in [-0.2, 0) is 19.1 Å². The van der Waals surface area contributed by atoms with Crippen molar-refractivity contribution in [1.29, 1.82) is 0 Å². The molecular weight excluding hydrogens is 296 g/mol. The molecule has 0 saturated heterocycles. The third-order valence-corrected chi connectivity index (χ3v) is 3.26. The van der Waals surface area contributed by atoms with Gasteiger partial charge >= 0.3 is 11.9 Å². The number of aliphatic carboxylic acids is 1. The molecule has 2 unspecified atom stereocenters. The van der Waals surface area contributed by atoms with Gasteiger partial charge in [0.1, 0.15) is 5.60 Å². The Morgan fingerprint density at radius 1 is 1.00 bits per heavy atom. The molecule has 0 radical (unpaired) electrons. The van der Waals surface area contributed by atoms with Gasteiger partial charge in [0, 0.05) is 13.2 Å². The molecule has 0 amide bonds. The Labute approximate surface area is 140 Å². The monoisotopic (exact) mass is 330 g/mol. The van der Waals surface area contributed by atoms with Crippen molar-refractivity contribution in [3.8, 4) is 0 Å². The number of carboxylic acids is 1.